The Morgan fingerprint density at radius 1 is 1.33 bits per heavy atom. The number of carbonyl (C=O) groups excluding carboxylic acids is 1. The first kappa shape index (κ1) is 16.0. The molecule has 0 bridgehead atoms. The molecule has 0 fully saturated rings. The minimum absolute atomic E-state index is 0.0804. The monoisotopic (exact) mass is 289 g/mol. The highest BCUT2D eigenvalue weighted by molar-refractivity contribution is 5.77. The number of rotatable bonds is 4. The Bertz CT molecular complexity index is 493. The first-order chi connectivity index (χ1) is 9.89. The summed E-state index contributed by atoms with van der Waals surface area (Å²) in [7, 11) is 0. The number of nitrogens with zero attached hydrogens (tertiary/aromatic N) is 1. The van der Waals surface area contributed by atoms with Gasteiger partial charge in [0.05, 0.1) is 0 Å². The third-order valence-corrected chi connectivity index (χ3v) is 3.88. The predicted molar refractivity (Wildman–Crippen MR) is 85.9 cm³/mol. The maximum atomic E-state index is 12.1. The van der Waals surface area contributed by atoms with Crippen LogP contribution >= 0.6 is 0 Å². The van der Waals surface area contributed by atoms with Crippen molar-refractivity contribution in [1.82, 2.24) is 10.2 Å². The second-order valence-electron chi connectivity index (χ2n) is 6.88. The Morgan fingerprint density at radius 3 is 2.62 bits per heavy atom. The van der Waals surface area contributed by atoms with E-state index >= 15 is 0 Å². The average molecular weight is 289 g/mol. The van der Waals surface area contributed by atoms with E-state index in [1.807, 2.05) is 20.8 Å². The van der Waals surface area contributed by atoms with E-state index in [1.165, 1.54) is 11.1 Å². The topological polar surface area (TPSA) is 58.4 Å². The van der Waals surface area contributed by atoms with Crippen LogP contribution in [0.4, 0.5) is 0 Å². The molecule has 3 N–H and O–H groups in total. The van der Waals surface area contributed by atoms with Gasteiger partial charge in [0.1, 0.15) is 0 Å². The van der Waals surface area contributed by atoms with E-state index in [4.69, 9.17) is 5.73 Å². The molecule has 1 heterocycles. The van der Waals surface area contributed by atoms with Gasteiger partial charge in [-0.1, -0.05) is 24.3 Å². The summed E-state index contributed by atoms with van der Waals surface area (Å²) in [5.41, 5.74) is 8.50. The number of hydrogen-bond donors (Lipinski definition) is 2. The van der Waals surface area contributed by atoms with Crippen LogP contribution in [0.5, 0.6) is 0 Å². The number of fused-ring (bicyclic) bond motifs is 1. The largest absolute Gasteiger partial charge is 0.351 e. The molecule has 0 aromatic heterocycles. The molecule has 1 aromatic rings. The second-order valence-corrected chi connectivity index (χ2v) is 6.88. The molecule has 1 atom stereocenters. The fraction of sp³-hybridized carbons (Fsp3) is 0.588. The highest BCUT2D eigenvalue weighted by Crippen LogP contribution is 2.21. The molecule has 4 heteroatoms. The first-order valence-corrected chi connectivity index (χ1v) is 7.71. The Morgan fingerprint density at radius 2 is 2.00 bits per heavy atom. The van der Waals surface area contributed by atoms with Crippen LogP contribution in [0, 0.1) is 0 Å². The zero-order chi connectivity index (χ0) is 15.5. The Kier molecular flexibility index (Phi) is 5.01. The Labute approximate surface area is 127 Å². The molecule has 21 heavy (non-hydrogen) atoms. The van der Waals surface area contributed by atoms with E-state index in [2.05, 4.69) is 34.5 Å². The summed E-state index contributed by atoms with van der Waals surface area (Å²) >= 11 is 0. The van der Waals surface area contributed by atoms with Gasteiger partial charge in [0.15, 0.2) is 0 Å². The first-order valence-electron chi connectivity index (χ1n) is 7.71. The van der Waals surface area contributed by atoms with Gasteiger partial charge in [-0.3, -0.25) is 9.69 Å². The molecule has 1 amide bonds. The lowest BCUT2D eigenvalue weighted by atomic mass is 9.97. The lowest BCUT2D eigenvalue weighted by Gasteiger charge is -2.35. The number of nitrogens with two attached hydrogens (primary N) is 1. The highest BCUT2D eigenvalue weighted by atomic mass is 16.1. The third-order valence-electron chi connectivity index (χ3n) is 3.88. The van der Waals surface area contributed by atoms with Crippen LogP contribution in [0.25, 0.3) is 0 Å². The summed E-state index contributed by atoms with van der Waals surface area (Å²) in [5.74, 6) is 0.0804. The maximum absolute atomic E-state index is 12.1. The van der Waals surface area contributed by atoms with Crippen molar-refractivity contribution in [2.45, 2.75) is 51.7 Å². The molecule has 0 saturated carbocycles. The summed E-state index contributed by atoms with van der Waals surface area (Å²) in [4.78, 5) is 14.5. The summed E-state index contributed by atoms with van der Waals surface area (Å²) in [6.07, 6.45) is 1.50. The summed E-state index contributed by atoms with van der Waals surface area (Å²) in [6, 6.07) is 8.64. The number of amides is 1. The molecule has 0 radical (unpaired) electrons. The van der Waals surface area contributed by atoms with E-state index in [0.29, 0.717) is 13.0 Å². The van der Waals surface area contributed by atoms with Crippen LogP contribution in [0.2, 0.25) is 0 Å². The van der Waals surface area contributed by atoms with Crippen molar-refractivity contribution in [3.8, 4) is 0 Å². The molecule has 0 spiro atoms. The van der Waals surface area contributed by atoms with Crippen LogP contribution in [0.3, 0.4) is 0 Å². The molecule has 0 saturated heterocycles. The van der Waals surface area contributed by atoms with Crippen molar-refractivity contribution in [3.05, 3.63) is 35.4 Å². The van der Waals surface area contributed by atoms with Gasteiger partial charge in [-0.2, -0.15) is 0 Å². The van der Waals surface area contributed by atoms with Crippen molar-refractivity contribution in [3.63, 3.8) is 0 Å². The normalized spacial score (nSPS) is 17.1. The van der Waals surface area contributed by atoms with Gasteiger partial charge in [-0.05, 0) is 38.3 Å². The quantitative estimate of drug-likeness (QED) is 0.886. The van der Waals surface area contributed by atoms with Crippen LogP contribution in [-0.4, -0.2) is 35.5 Å². The van der Waals surface area contributed by atoms with Crippen molar-refractivity contribution in [2.75, 3.05) is 13.1 Å². The fourth-order valence-corrected chi connectivity index (χ4v) is 2.87. The van der Waals surface area contributed by atoms with E-state index in [1.54, 1.807) is 0 Å². The van der Waals surface area contributed by atoms with Crippen molar-refractivity contribution in [2.24, 2.45) is 5.73 Å². The summed E-state index contributed by atoms with van der Waals surface area (Å²) < 4.78 is 0. The van der Waals surface area contributed by atoms with Crippen molar-refractivity contribution >= 4 is 5.91 Å². The molecule has 4 nitrogen and oxygen atoms in total. The average Bonchev–Trinajstić information content (AvgIpc) is 2.42. The van der Waals surface area contributed by atoms with Crippen LogP contribution in [-0.2, 0) is 17.8 Å². The Hall–Kier alpha value is -1.39. The molecule has 1 unspecified atom stereocenters. The van der Waals surface area contributed by atoms with Crippen LogP contribution in [0.1, 0.15) is 38.3 Å². The van der Waals surface area contributed by atoms with Crippen molar-refractivity contribution in [1.29, 1.82) is 0 Å². The fourth-order valence-electron chi connectivity index (χ4n) is 2.87. The van der Waals surface area contributed by atoms with Crippen molar-refractivity contribution < 1.29 is 4.79 Å². The summed E-state index contributed by atoms with van der Waals surface area (Å²) in [6.45, 7) is 8.38. The van der Waals surface area contributed by atoms with Gasteiger partial charge in [0, 0.05) is 37.6 Å². The predicted octanol–water partition coefficient (Wildman–Crippen LogP) is 1.68. The zero-order valence-corrected chi connectivity index (χ0v) is 13.4. The molecular formula is C17H27N3O. The van der Waals surface area contributed by atoms with E-state index < -0.39 is 0 Å². The van der Waals surface area contributed by atoms with Gasteiger partial charge in [0.2, 0.25) is 5.91 Å². The molecule has 0 aliphatic carbocycles. The standard InChI is InChI=1S/C17H27N3O/c1-17(2,3)19-16(21)10-15(11-18)20-9-8-13-6-4-5-7-14(13)12-20/h4-7,15H,8-12,18H2,1-3H3,(H,19,21). The van der Waals surface area contributed by atoms with E-state index in [0.717, 1.165) is 19.5 Å². The van der Waals surface area contributed by atoms with E-state index in [9.17, 15) is 4.79 Å². The van der Waals surface area contributed by atoms with Gasteiger partial charge in [0.25, 0.3) is 0 Å². The Balaban J connectivity index is 1.98. The lowest BCUT2D eigenvalue weighted by molar-refractivity contribution is -0.123. The van der Waals surface area contributed by atoms with Crippen LogP contribution in [0.15, 0.2) is 24.3 Å². The highest BCUT2D eigenvalue weighted by Gasteiger charge is 2.25. The number of benzene rings is 1. The minimum Gasteiger partial charge on any atom is -0.351 e. The molecule has 2 rings (SSSR count). The molecule has 1 aromatic carbocycles. The molecular weight excluding hydrogens is 262 g/mol. The van der Waals surface area contributed by atoms with Gasteiger partial charge >= 0.3 is 0 Å². The zero-order valence-electron chi connectivity index (χ0n) is 13.4. The molecule has 1 aliphatic rings. The maximum Gasteiger partial charge on any atom is 0.222 e. The summed E-state index contributed by atoms with van der Waals surface area (Å²) in [5, 5.41) is 3.02. The second kappa shape index (κ2) is 6.58. The molecule has 1 aliphatic heterocycles. The van der Waals surface area contributed by atoms with Crippen LogP contribution < -0.4 is 11.1 Å². The SMILES string of the molecule is CC(C)(C)NC(=O)CC(CN)N1CCc2ccccc2C1. The minimum atomic E-state index is -0.190. The van der Waals surface area contributed by atoms with Gasteiger partial charge < -0.3 is 11.1 Å². The number of hydrogen-bond acceptors (Lipinski definition) is 3. The number of nitrogens with one attached hydrogen (secondary N) is 1. The van der Waals surface area contributed by atoms with E-state index in [-0.39, 0.29) is 17.5 Å². The molecule has 116 valence electrons. The lowest BCUT2D eigenvalue weighted by Crippen LogP contribution is -2.48. The third kappa shape index (κ3) is 4.55. The number of carbonyl (C=O) groups is 1. The van der Waals surface area contributed by atoms with Gasteiger partial charge in [-0.15, -0.1) is 0 Å². The smallest absolute Gasteiger partial charge is 0.222 e. The van der Waals surface area contributed by atoms with Gasteiger partial charge in [-0.25, -0.2) is 0 Å².